The summed E-state index contributed by atoms with van der Waals surface area (Å²) in [4.78, 5) is 17.7. The number of benzene rings is 1. The Labute approximate surface area is 130 Å². The van der Waals surface area contributed by atoms with Crippen molar-refractivity contribution in [3.63, 3.8) is 0 Å². The molecule has 5 heteroatoms. The molecule has 1 amide bonds. The fraction of sp³-hybridized carbons (Fsp3) is 0.294. The highest BCUT2D eigenvalue weighted by atomic mass is 16.1. The van der Waals surface area contributed by atoms with Crippen LogP contribution in [-0.2, 0) is 6.42 Å². The zero-order valence-electron chi connectivity index (χ0n) is 12.6. The van der Waals surface area contributed by atoms with Gasteiger partial charge in [-0.3, -0.25) is 9.78 Å². The van der Waals surface area contributed by atoms with Gasteiger partial charge in [-0.05, 0) is 31.0 Å². The summed E-state index contributed by atoms with van der Waals surface area (Å²) in [6.07, 6.45) is 4.24. The third kappa shape index (κ3) is 2.74. The SMILES string of the molecule is CC1Cc2ccccc2N1CCNc1ccncc1C(N)=O. The monoisotopic (exact) mass is 296 g/mol. The van der Waals surface area contributed by atoms with E-state index in [4.69, 9.17) is 5.73 Å². The molecule has 0 bridgehead atoms. The molecule has 1 aromatic carbocycles. The van der Waals surface area contributed by atoms with Gasteiger partial charge in [0, 0.05) is 37.2 Å². The van der Waals surface area contributed by atoms with Gasteiger partial charge in [-0.1, -0.05) is 18.2 Å². The van der Waals surface area contributed by atoms with Crippen LogP contribution in [0.4, 0.5) is 11.4 Å². The lowest BCUT2D eigenvalue weighted by Gasteiger charge is -2.25. The fourth-order valence-corrected chi connectivity index (χ4v) is 3.03. The summed E-state index contributed by atoms with van der Waals surface area (Å²) in [5.74, 6) is -0.463. The standard InChI is InChI=1S/C17H20N4O/c1-12-10-13-4-2-3-5-16(13)21(12)9-8-20-15-6-7-19-11-14(15)17(18)22/h2-7,11-12H,8-10H2,1H3,(H2,18,22)(H,19,20). The number of carbonyl (C=O) groups excluding carboxylic acids is 1. The molecule has 1 aromatic heterocycles. The molecular formula is C17H20N4O. The summed E-state index contributed by atoms with van der Waals surface area (Å²) in [7, 11) is 0. The summed E-state index contributed by atoms with van der Waals surface area (Å²) in [6.45, 7) is 3.85. The van der Waals surface area contributed by atoms with E-state index in [2.05, 4.69) is 46.4 Å². The molecule has 22 heavy (non-hydrogen) atoms. The quantitative estimate of drug-likeness (QED) is 0.886. The van der Waals surface area contributed by atoms with E-state index in [0.717, 1.165) is 25.2 Å². The highest BCUT2D eigenvalue weighted by Gasteiger charge is 2.24. The molecule has 1 atom stereocenters. The van der Waals surface area contributed by atoms with Gasteiger partial charge >= 0.3 is 0 Å². The average molecular weight is 296 g/mol. The van der Waals surface area contributed by atoms with Crippen LogP contribution >= 0.6 is 0 Å². The van der Waals surface area contributed by atoms with Gasteiger partial charge in [-0.25, -0.2) is 0 Å². The van der Waals surface area contributed by atoms with Gasteiger partial charge < -0.3 is 16.0 Å². The maximum atomic E-state index is 11.4. The summed E-state index contributed by atoms with van der Waals surface area (Å²) < 4.78 is 0. The van der Waals surface area contributed by atoms with Crippen LogP contribution in [-0.4, -0.2) is 30.0 Å². The van der Waals surface area contributed by atoms with Gasteiger partial charge in [0.2, 0.25) is 0 Å². The maximum Gasteiger partial charge on any atom is 0.252 e. The van der Waals surface area contributed by atoms with Crippen molar-refractivity contribution in [2.24, 2.45) is 5.73 Å². The Kier molecular flexibility index (Phi) is 3.96. The van der Waals surface area contributed by atoms with Crippen molar-refractivity contribution in [3.05, 3.63) is 53.9 Å². The van der Waals surface area contributed by atoms with E-state index < -0.39 is 5.91 Å². The van der Waals surface area contributed by atoms with Crippen molar-refractivity contribution in [1.82, 2.24) is 4.98 Å². The minimum Gasteiger partial charge on any atom is -0.383 e. The normalized spacial score (nSPS) is 16.4. The van der Waals surface area contributed by atoms with Gasteiger partial charge in [0.25, 0.3) is 5.91 Å². The summed E-state index contributed by atoms with van der Waals surface area (Å²) in [5, 5.41) is 3.29. The van der Waals surface area contributed by atoms with Crippen LogP contribution in [0.1, 0.15) is 22.8 Å². The van der Waals surface area contributed by atoms with Crippen LogP contribution in [0, 0.1) is 0 Å². The maximum absolute atomic E-state index is 11.4. The van der Waals surface area contributed by atoms with Gasteiger partial charge in [0.15, 0.2) is 0 Å². The van der Waals surface area contributed by atoms with Crippen LogP contribution < -0.4 is 16.0 Å². The number of hydrogen-bond donors (Lipinski definition) is 2. The number of nitrogens with one attached hydrogen (secondary N) is 1. The number of nitrogens with two attached hydrogens (primary N) is 1. The number of hydrogen-bond acceptors (Lipinski definition) is 4. The van der Waals surface area contributed by atoms with E-state index >= 15 is 0 Å². The van der Waals surface area contributed by atoms with Crippen LogP contribution in [0.5, 0.6) is 0 Å². The zero-order valence-corrected chi connectivity index (χ0v) is 12.6. The molecule has 2 aromatic rings. The summed E-state index contributed by atoms with van der Waals surface area (Å²) >= 11 is 0. The number of para-hydroxylation sites is 1. The van der Waals surface area contributed by atoms with Crippen molar-refractivity contribution in [2.75, 3.05) is 23.3 Å². The molecule has 1 aliphatic rings. The first-order chi connectivity index (χ1) is 10.7. The first-order valence-corrected chi connectivity index (χ1v) is 7.49. The van der Waals surface area contributed by atoms with Crippen molar-refractivity contribution in [2.45, 2.75) is 19.4 Å². The molecule has 0 radical (unpaired) electrons. The Morgan fingerprint density at radius 2 is 2.23 bits per heavy atom. The minimum absolute atomic E-state index is 0.428. The smallest absolute Gasteiger partial charge is 0.252 e. The van der Waals surface area contributed by atoms with Crippen LogP contribution in [0.15, 0.2) is 42.7 Å². The lowest BCUT2D eigenvalue weighted by molar-refractivity contribution is 0.100. The lowest BCUT2D eigenvalue weighted by atomic mass is 10.1. The molecule has 0 saturated heterocycles. The highest BCUT2D eigenvalue weighted by Crippen LogP contribution is 2.31. The topological polar surface area (TPSA) is 71.2 Å². The third-order valence-corrected chi connectivity index (χ3v) is 4.10. The van der Waals surface area contributed by atoms with Crippen molar-refractivity contribution in [3.8, 4) is 0 Å². The molecule has 0 spiro atoms. The number of primary amides is 1. The first-order valence-electron chi connectivity index (χ1n) is 7.49. The second-order valence-corrected chi connectivity index (χ2v) is 5.59. The Morgan fingerprint density at radius 3 is 3.05 bits per heavy atom. The number of rotatable bonds is 5. The van der Waals surface area contributed by atoms with Crippen LogP contribution in [0.25, 0.3) is 0 Å². The Hall–Kier alpha value is -2.56. The molecule has 1 aliphatic heterocycles. The van der Waals surface area contributed by atoms with Crippen molar-refractivity contribution >= 4 is 17.3 Å². The third-order valence-electron chi connectivity index (χ3n) is 4.10. The van der Waals surface area contributed by atoms with Crippen LogP contribution in [0.2, 0.25) is 0 Å². The van der Waals surface area contributed by atoms with Crippen molar-refractivity contribution < 1.29 is 4.79 Å². The van der Waals surface area contributed by atoms with Gasteiger partial charge in [-0.15, -0.1) is 0 Å². The number of carbonyl (C=O) groups is 1. The Morgan fingerprint density at radius 1 is 1.41 bits per heavy atom. The number of nitrogens with zero attached hydrogens (tertiary/aromatic N) is 2. The summed E-state index contributed by atoms with van der Waals surface area (Å²) in [6, 6.07) is 10.8. The fourth-order valence-electron chi connectivity index (χ4n) is 3.03. The van der Waals surface area contributed by atoms with Gasteiger partial charge in [0.1, 0.15) is 0 Å². The Balaban J connectivity index is 1.66. The van der Waals surface area contributed by atoms with E-state index in [1.165, 1.54) is 17.4 Å². The molecule has 0 aliphatic carbocycles. The Bertz CT molecular complexity index is 686. The molecule has 1 unspecified atom stereocenters. The second kappa shape index (κ2) is 6.05. The molecule has 3 N–H and O–H groups in total. The molecule has 0 saturated carbocycles. The van der Waals surface area contributed by atoms with Gasteiger partial charge in [0.05, 0.1) is 11.3 Å². The number of pyridine rings is 1. The lowest BCUT2D eigenvalue weighted by Crippen LogP contribution is -2.34. The van der Waals surface area contributed by atoms with Crippen LogP contribution in [0.3, 0.4) is 0 Å². The number of fused-ring (bicyclic) bond motifs is 1. The predicted octanol–water partition coefficient (Wildman–Crippen LogP) is 2.04. The molecule has 5 nitrogen and oxygen atoms in total. The molecule has 3 rings (SSSR count). The van der Waals surface area contributed by atoms with Crippen molar-refractivity contribution in [1.29, 1.82) is 0 Å². The van der Waals surface area contributed by atoms with E-state index in [9.17, 15) is 4.79 Å². The average Bonchev–Trinajstić information content (AvgIpc) is 2.83. The molecule has 2 heterocycles. The van der Waals surface area contributed by atoms with Gasteiger partial charge in [-0.2, -0.15) is 0 Å². The molecule has 114 valence electrons. The van der Waals surface area contributed by atoms with E-state index in [0.29, 0.717) is 11.6 Å². The summed E-state index contributed by atoms with van der Waals surface area (Å²) in [5.41, 5.74) is 9.24. The molecule has 0 fully saturated rings. The van der Waals surface area contributed by atoms with E-state index in [1.807, 2.05) is 0 Å². The van der Waals surface area contributed by atoms with E-state index in [-0.39, 0.29) is 0 Å². The largest absolute Gasteiger partial charge is 0.383 e. The number of aromatic nitrogens is 1. The molecular weight excluding hydrogens is 276 g/mol. The minimum atomic E-state index is -0.463. The first kappa shape index (κ1) is 14.4. The zero-order chi connectivity index (χ0) is 15.5. The predicted molar refractivity (Wildman–Crippen MR) is 88.2 cm³/mol. The van der Waals surface area contributed by atoms with E-state index in [1.54, 1.807) is 12.3 Å². The number of amides is 1. The second-order valence-electron chi connectivity index (χ2n) is 5.59. The highest BCUT2D eigenvalue weighted by molar-refractivity contribution is 5.98. The number of anilines is 2.